The van der Waals surface area contributed by atoms with Crippen molar-refractivity contribution in [1.82, 2.24) is 14.5 Å². The van der Waals surface area contributed by atoms with Gasteiger partial charge < -0.3 is 10.6 Å². The minimum Gasteiger partial charge on any atom is -0.338 e. The van der Waals surface area contributed by atoms with E-state index in [1.54, 1.807) is 0 Å². The monoisotopic (exact) mass is 304 g/mol. The molecule has 2 N–H and O–H groups in total. The molecular weight excluding hydrogens is 284 g/mol. The fourth-order valence-electron chi connectivity index (χ4n) is 2.37. The number of carbonyl (C=O) groups excluding carboxylic acids is 1. The molecule has 0 aliphatic carbocycles. The Balaban J connectivity index is 0.00000180. The second kappa shape index (κ2) is 7.17. The molecule has 0 spiro atoms. The third kappa shape index (κ3) is 3.64. The van der Waals surface area contributed by atoms with Crippen molar-refractivity contribution in [3.63, 3.8) is 0 Å². The molecule has 1 aromatic rings. The van der Waals surface area contributed by atoms with Crippen LogP contribution in [0.1, 0.15) is 42.1 Å². The Morgan fingerprint density at radius 3 is 2.68 bits per heavy atom. The first kappa shape index (κ1) is 16.3. The summed E-state index contributed by atoms with van der Waals surface area (Å²) in [5.41, 5.74) is 6.73. The van der Waals surface area contributed by atoms with Crippen molar-refractivity contribution in [3.8, 4) is 0 Å². The summed E-state index contributed by atoms with van der Waals surface area (Å²) >= 11 is 1.21. The van der Waals surface area contributed by atoms with Crippen LogP contribution in [-0.4, -0.2) is 39.5 Å². The van der Waals surface area contributed by atoms with Crippen LogP contribution in [0.25, 0.3) is 0 Å². The number of rotatable bonds is 3. The first-order valence-corrected chi connectivity index (χ1v) is 7.27. The number of amides is 1. The van der Waals surface area contributed by atoms with Crippen LogP contribution in [-0.2, 0) is 6.42 Å². The lowest BCUT2D eigenvalue weighted by Gasteiger charge is -2.33. The average molecular weight is 305 g/mol. The number of nitrogens with zero attached hydrogens (tertiary/aromatic N) is 3. The molecule has 108 valence electrons. The predicted molar refractivity (Wildman–Crippen MR) is 78.8 cm³/mol. The van der Waals surface area contributed by atoms with Gasteiger partial charge in [-0.05, 0) is 43.6 Å². The molecule has 1 unspecified atom stereocenters. The van der Waals surface area contributed by atoms with Crippen LogP contribution in [0.3, 0.4) is 0 Å². The normalized spacial score (nSPS) is 17.9. The lowest BCUT2D eigenvalue weighted by molar-refractivity contribution is 0.0684. The first-order valence-electron chi connectivity index (χ1n) is 6.49. The zero-order chi connectivity index (χ0) is 13.1. The fourth-order valence-corrected chi connectivity index (χ4v) is 3.09. The number of likely N-dealkylation sites (tertiary alicyclic amines) is 1. The van der Waals surface area contributed by atoms with Gasteiger partial charge in [0.1, 0.15) is 4.88 Å². The number of aromatic nitrogens is 2. The summed E-state index contributed by atoms with van der Waals surface area (Å²) in [5.74, 6) is 0.629. The predicted octanol–water partition coefficient (Wildman–Crippen LogP) is 1.72. The molecule has 5 nitrogen and oxygen atoms in total. The third-order valence-electron chi connectivity index (χ3n) is 3.66. The van der Waals surface area contributed by atoms with E-state index in [0.29, 0.717) is 10.8 Å². The molecule has 1 saturated heterocycles. The molecule has 1 aromatic heterocycles. The van der Waals surface area contributed by atoms with Gasteiger partial charge in [-0.1, -0.05) is 11.4 Å². The van der Waals surface area contributed by atoms with Crippen molar-refractivity contribution >= 4 is 29.8 Å². The highest BCUT2D eigenvalue weighted by molar-refractivity contribution is 7.08. The van der Waals surface area contributed by atoms with Crippen LogP contribution in [0.5, 0.6) is 0 Å². The van der Waals surface area contributed by atoms with Gasteiger partial charge in [-0.2, -0.15) is 0 Å². The van der Waals surface area contributed by atoms with Crippen molar-refractivity contribution in [2.24, 2.45) is 11.7 Å². The Hall–Kier alpha value is -0.720. The zero-order valence-electron chi connectivity index (χ0n) is 11.3. The van der Waals surface area contributed by atoms with Crippen molar-refractivity contribution in [1.29, 1.82) is 0 Å². The molecule has 2 heterocycles. The molecular formula is C12H21ClN4OS. The maximum absolute atomic E-state index is 12.3. The topological polar surface area (TPSA) is 72.1 Å². The fraction of sp³-hybridized carbons (Fsp3) is 0.750. The van der Waals surface area contributed by atoms with E-state index in [1.165, 1.54) is 11.5 Å². The van der Waals surface area contributed by atoms with Gasteiger partial charge in [0, 0.05) is 19.1 Å². The van der Waals surface area contributed by atoms with Crippen LogP contribution >= 0.6 is 23.9 Å². The smallest absolute Gasteiger partial charge is 0.267 e. The summed E-state index contributed by atoms with van der Waals surface area (Å²) < 4.78 is 3.88. The summed E-state index contributed by atoms with van der Waals surface area (Å²) in [6.07, 6.45) is 2.75. The van der Waals surface area contributed by atoms with Crippen molar-refractivity contribution < 1.29 is 4.79 Å². The average Bonchev–Trinajstić information content (AvgIpc) is 2.86. The molecule has 0 aromatic carbocycles. The van der Waals surface area contributed by atoms with Crippen LogP contribution in [0.15, 0.2) is 0 Å². The van der Waals surface area contributed by atoms with Crippen LogP contribution in [0.2, 0.25) is 0 Å². The summed E-state index contributed by atoms with van der Waals surface area (Å²) in [7, 11) is 0. The van der Waals surface area contributed by atoms with Crippen LogP contribution in [0, 0.1) is 5.92 Å². The maximum Gasteiger partial charge on any atom is 0.267 e. The molecule has 1 aliphatic heterocycles. The minimum absolute atomic E-state index is 0. The molecule has 0 saturated carbocycles. The van der Waals surface area contributed by atoms with Crippen molar-refractivity contribution in [2.75, 3.05) is 13.1 Å². The second-order valence-electron chi connectivity index (χ2n) is 4.89. The van der Waals surface area contributed by atoms with Gasteiger partial charge in [-0.25, -0.2) is 0 Å². The number of hydrogen-bond acceptors (Lipinski definition) is 5. The van der Waals surface area contributed by atoms with Crippen LogP contribution in [0.4, 0.5) is 0 Å². The lowest BCUT2D eigenvalue weighted by Crippen LogP contribution is -2.42. The van der Waals surface area contributed by atoms with Gasteiger partial charge in [0.25, 0.3) is 5.91 Å². The van der Waals surface area contributed by atoms with E-state index < -0.39 is 0 Å². The van der Waals surface area contributed by atoms with Gasteiger partial charge in [-0.3, -0.25) is 4.79 Å². The van der Waals surface area contributed by atoms with Gasteiger partial charge in [0.05, 0.1) is 5.69 Å². The van der Waals surface area contributed by atoms with Gasteiger partial charge >= 0.3 is 0 Å². The molecule has 19 heavy (non-hydrogen) atoms. The summed E-state index contributed by atoms with van der Waals surface area (Å²) in [4.78, 5) is 15.0. The summed E-state index contributed by atoms with van der Waals surface area (Å²) in [6, 6.07) is 0.221. The molecule has 1 fully saturated rings. The summed E-state index contributed by atoms with van der Waals surface area (Å²) in [6.45, 7) is 5.64. The quantitative estimate of drug-likeness (QED) is 0.923. The van der Waals surface area contributed by atoms with E-state index in [4.69, 9.17) is 5.73 Å². The first-order chi connectivity index (χ1) is 8.63. The molecule has 2 rings (SSSR count). The number of hydrogen-bond donors (Lipinski definition) is 1. The Labute approximate surface area is 124 Å². The second-order valence-corrected chi connectivity index (χ2v) is 5.65. The highest BCUT2D eigenvalue weighted by Gasteiger charge is 2.27. The molecule has 0 radical (unpaired) electrons. The van der Waals surface area contributed by atoms with Crippen LogP contribution < -0.4 is 5.73 Å². The van der Waals surface area contributed by atoms with Crippen molar-refractivity contribution in [2.45, 2.75) is 39.2 Å². The third-order valence-corrected chi connectivity index (χ3v) is 4.41. The number of aryl methyl sites for hydroxylation is 1. The van der Waals surface area contributed by atoms with E-state index in [-0.39, 0.29) is 24.4 Å². The highest BCUT2D eigenvalue weighted by atomic mass is 35.5. The minimum atomic E-state index is 0. The number of piperidine rings is 1. The molecule has 1 aliphatic rings. The Kier molecular flexibility index (Phi) is 6.16. The van der Waals surface area contributed by atoms with E-state index in [0.717, 1.165) is 38.0 Å². The Morgan fingerprint density at radius 1 is 1.53 bits per heavy atom. The number of carbonyl (C=O) groups is 1. The van der Waals surface area contributed by atoms with E-state index >= 15 is 0 Å². The van der Waals surface area contributed by atoms with E-state index in [9.17, 15) is 4.79 Å². The van der Waals surface area contributed by atoms with Crippen molar-refractivity contribution in [3.05, 3.63) is 10.6 Å². The zero-order valence-corrected chi connectivity index (χ0v) is 13.0. The maximum atomic E-state index is 12.3. The van der Waals surface area contributed by atoms with E-state index in [1.807, 2.05) is 18.7 Å². The largest absolute Gasteiger partial charge is 0.338 e. The highest BCUT2D eigenvalue weighted by Crippen LogP contribution is 2.22. The van der Waals surface area contributed by atoms with Gasteiger partial charge in [-0.15, -0.1) is 17.5 Å². The number of nitrogens with two attached hydrogens (primary N) is 1. The van der Waals surface area contributed by atoms with Gasteiger partial charge in [0.2, 0.25) is 0 Å². The lowest BCUT2D eigenvalue weighted by atomic mass is 9.91. The SMILES string of the molecule is CCc1nnsc1C(=O)N1CCC(C(C)N)CC1.Cl. The Bertz CT molecular complexity index is 416. The van der Waals surface area contributed by atoms with Gasteiger partial charge in [0.15, 0.2) is 0 Å². The summed E-state index contributed by atoms with van der Waals surface area (Å²) in [5, 5.41) is 3.99. The number of halogens is 1. The van der Waals surface area contributed by atoms with E-state index in [2.05, 4.69) is 9.59 Å². The molecule has 1 atom stereocenters. The Morgan fingerprint density at radius 2 is 2.16 bits per heavy atom. The standard InChI is InChI=1S/C12H20N4OS.ClH/c1-3-10-11(18-15-14-10)12(17)16-6-4-9(5-7-16)8(2)13;/h8-9H,3-7,13H2,1-2H3;1H. The molecule has 7 heteroatoms. The molecule has 1 amide bonds. The molecule has 0 bridgehead atoms.